The van der Waals surface area contributed by atoms with Crippen molar-refractivity contribution < 1.29 is 13.5 Å². The highest BCUT2D eigenvalue weighted by Crippen LogP contribution is 2.34. The predicted molar refractivity (Wildman–Crippen MR) is 83.6 cm³/mol. The number of anilines is 1. The molecule has 5 nitrogen and oxygen atoms in total. The Balaban J connectivity index is 2.46. The van der Waals surface area contributed by atoms with E-state index in [0.717, 1.165) is 18.4 Å². The molecule has 0 aromatic heterocycles. The van der Waals surface area contributed by atoms with Gasteiger partial charge in [0, 0.05) is 5.69 Å². The Morgan fingerprint density at radius 2 is 1.95 bits per heavy atom. The molecule has 6 heteroatoms. The fourth-order valence-electron chi connectivity index (χ4n) is 2.78. The summed E-state index contributed by atoms with van der Waals surface area (Å²) in [5, 5.41) is 9.48. The van der Waals surface area contributed by atoms with Gasteiger partial charge in [0.2, 0.25) is 10.0 Å². The second-order valence-corrected chi connectivity index (χ2v) is 7.42. The first kappa shape index (κ1) is 16.3. The Morgan fingerprint density at radius 3 is 2.38 bits per heavy atom. The average Bonchev–Trinajstić information content (AvgIpc) is 2.42. The number of aryl methyl sites for hydroxylation is 1. The molecular formula is C15H24N2O3S. The standard InChI is InChI=1S/C15H24N2O3S/c1-3-11-8-13(16)12(4-2)14(9-11)21(19,20)17-15(10-18)6-5-7-15/h8-9,17-18H,3-7,10,16H2,1-2H3. The zero-order valence-electron chi connectivity index (χ0n) is 12.6. The van der Waals surface area contributed by atoms with Gasteiger partial charge in [-0.15, -0.1) is 0 Å². The van der Waals surface area contributed by atoms with E-state index in [1.165, 1.54) is 0 Å². The summed E-state index contributed by atoms with van der Waals surface area (Å²) in [6, 6.07) is 3.53. The third-order valence-electron chi connectivity index (χ3n) is 4.32. The smallest absolute Gasteiger partial charge is 0.241 e. The summed E-state index contributed by atoms with van der Waals surface area (Å²) in [6.07, 6.45) is 3.56. The minimum atomic E-state index is -3.68. The Hall–Kier alpha value is -1.11. The highest BCUT2D eigenvalue weighted by molar-refractivity contribution is 7.89. The van der Waals surface area contributed by atoms with Crippen LogP contribution in [0.5, 0.6) is 0 Å². The van der Waals surface area contributed by atoms with E-state index in [1.807, 2.05) is 19.9 Å². The van der Waals surface area contributed by atoms with E-state index in [4.69, 9.17) is 5.73 Å². The summed E-state index contributed by atoms with van der Waals surface area (Å²) in [7, 11) is -3.68. The van der Waals surface area contributed by atoms with E-state index in [2.05, 4.69) is 4.72 Å². The number of aliphatic hydroxyl groups is 1. The zero-order chi connectivity index (χ0) is 15.7. The lowest BCUT2D eigenvalue weighted by atomic mass is 9.78. The van der Waals surface area contributed by atoms with Crippen molar-refractivity contribution in [2.75, 3.05) is 12.3 Å². The average molecular weight is 312 g/mol. The van der Waals surface area contributed by atoms with Gasteiger partial charge in [-0.05, 0) is 55.4 Å². The second kappa shape index (κ2) is 5.94. The minimum absolute atomic E-state index is 0.170. The number of hydrogen-bond acceptors (Lipinski definition) is 4. The molecule has 2 rings (SSSR count). The van der Waals surface area contributed by atoms with Gasteiger partial charge >= 0.3 is 0 Å². The molecule has 1 aromatic carbocycles. The van der Waals surface area contributed by atoms with Crippen LogP contribution in [0.1, 0.15) is 44.2 Å². The van der Waals surface area contributed by atoms with E-state index >= 15 is 0 Å². The molecule has 0 unspecified atom stereocenters. The van der Waals surface area contributed by atoms with Crippen LogP contribution in [-0.2, 0) is 22.9 Å². The summed E-state index contributed by atoms with van der Waals surface area (Å²) < 4.78 is 28.1. The topological polar surface area (TPSA) is 92.4 Å². The zero-order valence-corrected chi connectivity index (χ0v) is 13.5. The van der Waals surface area contributed by atoms with Crippen molar-refractivity contribution in [3.05, 3.63) is 23.3 Å². The van der Waals surface area contributed by atoms with E-state index in [9.17, 15) is 13.5 Å². The van der Waals surface area contributed by atoms with Crippen molar-refractivity contribution in [2.45, 2.75) is 56.4 Å². The highest BCUT2D eigenvalue weighted by atomic mass is 32.2. The molecule has 1 aromatic rings. The Morgan fingerprint density at radius 1 is 1.29 bits per heavy atom. The molecule has 0 bridgehead atoms. The first-order chi connectivity index (χ1) is 9.87. The molecule has 1 aliphatic carbocycles. The quantitative estimate of drug-likeness (QED) is 0.695. The van der Waals surface area contributed by atoms with Crippen LogP contribution in [0, 0.1) is 0 Å². The van der Waals surface area contributed by atoms with Crippen LogP contribution >= 0.6 is 0 Å². The molecule has 0 spiro atoms. The van der Waals surface area contributed by atoms with Crippen LogP contribution in [-0.4, -0.2) is 25.7 Å². The lowest BCUT2D eigenvalue weighted by Crippen LogP contribution is -2.56. The molecule has 0 radical (unpaired) electrons. The van der Waals surface area contributed by atoms with Crippen LogP contribution < -0.4 is 10.5 Å². The normalized spacial score (nSPS) is 17.5. The minimum Gasteiger partial charge on any atom is -0.398 e. The number of nitrogens with one attached hydrogen (secondary N) is 1. The predicted octanol–water partition coefficient (Wildman–Crippen LogP) is 1.59. The van der Waals surface area contributed by atoms with Gasteiger partial charge in [0.05, 0.1) is 17.0 Å². The first-order valence-electron chi connectivity index (χ1n) is 7.43. The van der Waals surface area contributed by atoms with Gasteiger partial charge in [-0.3, -0.25) is 0 Å². The van der Waals surface area contributed by atoms with Gasteiger partial charge < -0.3 is 10.8 Å². The molecule has 0 atom stereocenters. The fraction of sp³-hybridized carbons (Fsp3) is 0.600. The van der Waals surface area contributed by atoms with Crippen LogP contribution in [0.25, 0.3) is 0 Å². The third-order valence-corrected chi connectivity index (χ3v) is 5.96. The van der Waals surface area contributed by atoms with Crippen molar-refractivity contribution in [1.29, 1.82) is 0 Å². The number of benzene rings is 1. The van der Waals surface area contributed by atoms with E-state index in [1.54, 1.807) is 6.07 Å². The van der Waals surface area contributed by atoms with Crippen molar-refractivity contribution >= 4 is 15.7 Å². The molecule has 0 amide bonds. The largest absolute Gasteiger partial charge is 0.398 e. The monoisotopic (exact) mass is 312 g/mol. The van der Waals surface area contributed by atoms with E-state index in [-0.39, 0.29) is 11.5 Å². The van der Waals surface area contributed by atoms with E-state index < -0.39 is 15.6 Å². The van der Waals surface area contributed by atoms with Gasteiger partial charge in [-0.25, -0.2) is 13.1 Å². The number of sulfonamides is 1. The molecule has 0 aliphatic heterocycles. The number of hydrogen-bond donors (Lipinski definition) is 3. The Bertz CT molecular complexity index is 617. The SMILES string of the molecule is CCc1cc(N)c(CC)c(S(=O)(=O)NC2(CO)CCC2)c1. The fourth-order valence-corrected chi connectivity index (χ4v) is 4.63. The summed E-state index contributed by atoms with van der Waals surface area (Å²) in [5.74, 6) is 0. The van der Waals surface area contributed by atoms with Crippen molar-refractivity contribution in [2.24, 2.45) is 0 Å². The molecule has 1 saturated carbocycles. The first-order valence-corrected chi connectivity index (χ1v) is 8.92. The van der Waals surface area contributed by atoms with Gasteiger partial charge in [-0.1, -0.05) is 13.8 Å². The Kier molecular flexibility index (Phi) is 4.60. The maximum absolute atomic E-state index is 12.7. The summed E-state index contributed by atoms with van der Waals surface area (Å²) in [4.78, 5) is 0.251. The molecule has 1 fully saturated rings. The molecular weight excluding hydrogens is 288 g/mol. The van der Waals surface area contributed by atoms with Crippen molar-refractivity contribution in [3.8, 4) is 0 Å². The van der Waals surface area contributed by atoms with Gasteiger partial charge in [-0.2, -0.15) is 0 Å². The van der Waals surface area contributed by atoms with Gasteiger partial charge in [0.25, 0.3) is 0 Å². The van der Waals surface area contributed by atoms with E-state index in [0.29, 0.717) is 30.5 Å². The summed E-state index contributed by atoms with van der Waals surface area (Å²) in [5.41, 5.74) is 7.38. The summed E-state index contributed by atoms with van der Waals surface area (Å²) in [6.45, 7) is 3.68. The number of nitrogens with two attached hydrogens (primary N) is 1. The second-order valence-electron chi connectivity index (χ2n) is 5.77. The highest BCUT2D eigenvalue weighted by Gasteiger charge is 2.40. The molecule has 0 saturated heterocycles. The van der Waals surface area contributed by atoms with Gasteiger partial charge in [0.1, 0.15) is 0 Å². The Labute approximate surface area is 126 Å². The maximum atomic E-state index is 12.7. The maximum Gasteiger partial charge on any atom is 0.241 e. The lowest BCUT2D eigenvalue weighted by molar-refractivity contribution is 0.110. The van der Waals surface area contributed by atoms with Crippen molar-refractivity contribution in [1.82, 2.24) is 4.72 Å². The van der Waals surface area contributed by atoms with Crippen LogP contribution in [0.15, 0.2) is 17.0 Å². The third kappa shape index (κ3) is 3.07. The van der Waals surface area contributed by atoms with Crippen LogP contribution in [0.4, 0.5) is 5.69 Å². The molecule has 0 heterocycles. The van der Waals surface area contributed by atoms with Crippen LogP contribution in [0.2, 0.25) is 0 Å². The van der Waals surface area contributed by atoms with Gasteiger partial charge in [0.15, 0.2) is 0 Å². The molecule has 1 aliphatic rings. The number of nitrogen functional groups attached to an aromatic ring is 1. The molecule has 21 heavy (non-hydrogen) atoms. The van der Waals surface area contributed by atoms with Crippen LogP contribution in [0.3, 0.4) is 0 Å². The number of aliphatic hydroxyl groups excluding tert-OH is 1. The molecule has 4 N–H and O–H groups in total. The molecule has 118 valence electrons. The van der Waals surface area contributed by atoms with Crippen molar-refractivity contribution in [3.63, 3.8) is 0 Å². The summed E-state index contributed by atoms with van der Waals surface area (Å²) >= 11 is 0. The lowest BCUT2D eigenvalue weighted by Gasteiger charge is -2.40. The number of rotatable bonds is 6.